The molecule has 0 aliphatic rings. The molecule has 0 aromatic heterocycles. The van der Waals surface area contributed by atoms with Crippen molar-refractivity contribution in [1.29, 1.82) is 0 Å². The molecule has 0 bridgehead atoms. The van der Waals surface area contributed by atoms with Gasteiger partial charge in [0.15, 0.2) is 17.5 Å². The van der Waals surface area contributed by atoms with Gasteiger partial charge in [-0.25, -0.2) is 18.0 Å². The van der Waals surface area contributed by atoms with Crippen LogP contribution in [0, 0.1) is 22.9 Å². The smallest absolute Gasteiger partial charge is 0.316 e. The number of carbonyl (C=O) groups is 1. The zero-order valence-electron chi connectivity index (χ0n) is 14.2. The van der Waals surface area contributed by atoms with Crippen molar-refractivity contribution in [2.24, 2.45) is 5.41 Å². The molecule has 12 heteroatoms. The lowest BCUT2D eigenvalue weighted by Crippen LogP contribution is -2.69. The minimum atomic E-state index is -5.96. The summed E-state index contributed by atoms with van der Waals surface area (Å²) < 4.78 is 120. The summed E-state index contributed by atoms with van der Waals surface area (Å²) in [6.07, 6.45) is -13.5. The van der Waals surface area contributed by atoms with Crippen LogP contribution in [-0.4, -0.2) is 23.9 Å². The highest BCUT2D eigenvalue weighted by molar-refractivity contribution is 5.90. The molecule has 2 N–H and O–H groups in total. The highest BCUT2D eigenvalue weighted by Gasteiger charge is 2.72. The first-order valence-corrected chi connectivity index (χ1v) is 7.27. The van der Waals surface area contributed by atoms with Crippen LogP contribution < -0.4 is 10.6 Å². The summed E-state index contributed by atoms with van der Waals surface area (Å²) in [7, 11) is 0. The standard InChI is InChI=1S/C15H15F9N2O/c1-12(2,3)6-13(14(19,20)21,15(22,23)24)26-11(27)25-8-5-4-7(16)9(17)10(8)18/h4-5H,6H2,1-3H3,(H2,25,26,27). The molecule has 1 rings (SSSR count). The zero-order chi connectivity index (χ0) is 21.4. The average Bonchev–Trinajstić information content (AvgIpc) is 2.43. The lowest BCUT2D eigenvalue weighted by atomic mass is 9.78. The molecule has 0 heterocycles. The molecule has 0 spiro atoms. The number of hydrogen-bond acceptors (Lipinski definition) is 1. The van der Waals surface area contributed by atoms with E-state index in [1.807, 2.05) is 0 Å². The number of alkyl halides is 6. The monoisotopic (exact) mass is 410 g/mol. The van der Waals surface area contributed by atoms with Gasteiger partial charge in [0, 0.05) is 0 Å². The molecule has 3 nitrogen and oxygen atoms in total. The Morgan fingerprint density at radius 2 is 1.37 bits per heavy atom. The van der Waals surface area contributed by atoms with E-state index in [0.717, 1.165) is 26.1 Å². The molecule has 27 heavy (non-hydrogen) atoms. The Morgan fingerprint density at radius 3 is 1.78 bits per heavy atom. The summed E-state index contributed by atoms with van der Waals surface area (Å²) in [6, 6.07) is -1.32. The van der Waals surface area contributed by atoms with Gasteiger partial charge in [-0.3, -0.25) is 0 Å². The number of nitrogens with one attached hydrogen (secondary N) is 2. The van der Waals surface area contributed by atoms with E-state index in [0.29, 0.717) is 12.1 Å². The third kappa shape index (κ3) is 4.98. The number of carbonyl (C=O) groups excluding carboxylic acids is 1. The maximum atomic E-state index is 13.5. The van der Waals surface area contributed by atoms with Gasteiger partial charge in [0.25, 0.3) is 0 Å². The van der Waals surface area contributed by atoms with E-state index in [1.165, 1.54) is 5.32 Å². The van der Waals surface area contributed by atoms with Crippen LogP contribution in [0.4, 0.5) is 50.0 Å². The van der Waals surface area contributed by atoms with Crippen LogP contribution in [-0.2, 0) is 0 Å². The molecule has 0 saturated heterocycles. The molecule has 0 radical (unpaired) electrons. The van der Waals surface area contributed by atoms with Gasteiger partial charge < -0.3 is 10.6 Å². The van der Waals surface area contributed by atoms with Crippen molar-refractivity contribution in [2.45, 2.75) is 45.1 Å². The molecule has 0 saturated carbocycles. The van der Waals surface area contributed by atoms with Gasteiger partial charge in [-0.15, -0.1) is 0 Å². The molecule has 154 valence electrons. The fourth-order valence-corrected chi connectivity index (χ4v) is 2.31. The maximum absolute atomic E-state index is 13.5. The van der Waals surface area contributed by atoms with Crippen LogP contribution >= 0.6 is 0 Å². The second kappa shape index (κ2) is 7.12. The van der Waals surface area contributed by atoms with E-state index in [9.17, 15) is 44.3 Å². The van der Waals surface area contributed by atoms with Crippen LogP contribution in [0.3, 0.4) is 0 Å². The molecule has 0 unspecified atom stereocenters. The van der Waals surface area contributed by atoms with Crippen molar-refractivity contribution in [3.8, 4) is 0 Å². The van der Waals surface area contributed by atoms with E-state index in [4.69, 9.17) is 0 Å². The van der Waals surface area contributed by atoms with Crippen molar-refractivity contribution < 1.29 is 44.3 Å². The van der Waals surface area contributed by atoms with E-state index >= 15 is 0 Å². The fraction of sp³-hybridized carbons (Fsp3) is 0.533. The second-order valence-electron chi connectivity index (χ2n) is 6.94. The van der Waals surface area contributed by atoms with Crippen molar-refractivity contribution >= 4 is 11.7 Å². The lowest BCUT2D eigenvalue weighted by Gasteiger charge is -2.41. The summed E-state index contributed by atoms with van der Waals surface area (Å²) in [5.74, 6) is -5.70. The van der Waals surface area contributed by atoms with E-state index in [-0.39, 0.29) is 0 Å². The maximum Gasteiger partial charge on any atom is 0.420 e. The van der Waals surface area contributed by atoms with Crippen molar-refractivity contribution in [3.63, 3.8) is 0 Å². The molecule has 2 amide bonds. The van der Waals surface area contributed by atoms with Crippen molar-refractivity contribution in [3.05, 3.63) is 29.6 Å². The molecule has 0 aliphatic heterocycles. The van der Waals surface area contributed by atoms with Gasteiger partial charge in [0.1, 0.15) is 0 Å². The lowest BCUT2D eigenvalue weighted by molar-refractivity contribution is -0.310. The Kier molecular flexibility index (Phi) is 6.04. The normalized spacial score (nSPS) is 13.5. The molecule has 0 fully saturated rings. The number of benzene rings is 1. The highest BCUT2D eigenvalue weighted by atomic mass is 19.4. The van der Waals surface area contributed by atoms with Crippen molar-refractivity contribution in [2.75, 3.05) is 5.32 Å². The zero-order valence-corrected chi connectivity index (χ0v) is 14.2. The molecular weight excluding hydrogens is 395 g/mol. The van der Waals surface area contributed by atoms with E-state index < -0.39 is 58.9 Å². The minimum Gasteiger partial charge on any atom is -0.316 e. The van der Waals surface area contributed by atoms with Gasteiger partial charge in [-0.05, 0) is 24.0 Å². The van der Waals surface area contributed by atoms with Crippen molar-refractivity contribution in [1.82, 2.24) is 5.32 Å². The predicted molar refractivity (Wildman–Crippen MR) is 77.4 cm³/mol. The van der Waals surface area contributed by atoms with Gasteiger partial charge >= 0.3 is 18.4 Å². The van der Waals surface area contributed by atoms with Crippen LogP contribution in [0.15, 0.2) is 12.1 Å². The average molecular weight is 410 g/mol. The minimum absolute atomic E-state index is 0.337. The number of hydrogen-bond donors (Lipinski definition) is 2. The number of anilines is 1. The Morgan fingerprint density at radius 1 is 0.889 bits per heavy atom. The Bertz CT molecular complexity index is 691. The number of rotatable bonds is 3. The fourth-order valence-electron chi connectivity index (χ4n) is 2.31. The summed E-state index contributed by atoms with van der Waals surface area (Å²) >= 11 is 0. The van der Waals surface area contributed by atoms with E-state index in [2.05, 4.69) is 0 Å². The Balaban J connectivity index is 3.30. The topological polar surface area (TPSA) is 41.1 Å². The van der Waals surface area contributed by atoms with Gasteiger partial charge in [0.05, 0.1) is 5.69 Å². The Labute approximate surface area is 147 Å². The number of urea groups is 1. The summed E-state index contributed by atoms with van der Waals surface area (Å²) in [6.45, 7) is 3.27. The van der Waals surface area contributed by atoms with Gasteiger partial charge in [-0.1, -0.05) is 20.8 Å². The first kappa shape index (κ1) is 22.9. The molecular formula is C15H15F9N2O. The first-order valence-electron chi connectivity index (χ1n) is 7.27. The van der Waals surface area contributed by atoms with Gasteiger partial charge in [0.2, 0.25) is 5.54 Å². The predicted octanol–water partition coefficient (Wildman–Crippen LogP) is 5.53. The SMILES string of the molecule is CC(C)(C)CC(NC(=O)Nc1ccc(F)c(F)c1F)(C(F)(F)F)C(F)(F)F. The van der Waals surface area contributed by atoms with Crippen LogP contribution in [0.5, 0.6) is 0 Å². The summed E-state index contributed by atoms with van der Waals surface area (Å²) in [5, 5.41) is 2.13. The second-order valence-corrected chi connectivity index (χ2v) is 6.94. The molecule has 0 aliphatic carbocycles. The molecule has 0 atom stereocenters. The highest BCUT2D eigenvalue weighted by Crippen LogP contribution is 2.49. The van der Waals surface area contributed by atoms with Crippen LogP contribution in [0.2, 0.25) is 0 Å². The summed E-state index contributed by atoms with van der Waals surface area (Å²) in [5.41, 5.74) is -7.33. The Hall–Kier alpha value is -2.14. The number of halogens is 9. The third-order valence-electron chi connectivity index (χ3n) is 3.37. The van der Waals surface area contributed by atoms with Crippen LogP contribution in [0.1, 0.15) is 27.2 Å². The third-order valence-corrected chi connectivity index (χ3v) is 3.37. The first-order chi connectivity index (χ1) is 11.9. The summed E-state index contributed by atoms with van der Waals surface area (Å²) in [4.78, 5) is 11.8. The quantitative estimate of drug-likeness (QED) is 0.500. The van der Waals surface area contributed by atoms with Crippen LogP contribution in [0.25, 0.3) is 0 Å². The number of amides is 2. The van der Waals surface area contributed by atoms with Gasteiger partial charge in [-0.2, -0.15) is 26.3 Å². The molecule has 1 aromatic carbocycles. The van der Waals surface area contributed by atoms with E-state index in [1.54, 1.807) is 0 Å². The largest absolute Gasteiger partial charge is 0.420 e. The molecule has 1 aromatic rings.